The Balaban J connectivity index is 1.81. The largest absolute Gasteiger partial charge is 0.497 e. The van der Waals surface area contributed by atoms with E-state index < -0.39 is 0 Å². The van der Waals surface area contributed by atoms with E-state index in [1.54, 1.807) is 31.4 Å². The second kappa shape index (κ2) is 8.54. The number of ether oxygens (including phenoxy) is 1. The molecule has 0 aromatic heterocycles. The van der Waals surface area contributed by atoms with E-state index in [0.717, 1.165) is 17.0 Å². The van der Waals surface area contributed by atoms with Crippen molar-refractivity contribution >= 4 is 23.1 Å². The van der Waals surface area contributed by atoms with Crippen LogP contribution in [0.3, 0.4) is 0 Å². The van der Waals surface area contributed by atoms with Crippen LogP contribution < -0.4 is 10.1 Å². The summed E-state index contributed by atoms with van der Waals surface area (Å²) in [6.07, 6.45) is 0.345. The first-order valence-corrected chi connectivity index (χ1v) is 8.78. The standard InChI is InChI=1S/C22H20ClNO2/c1-26-20-13-11-19(12-14-20)24-21(16-5-3-2-4-6-16)15-22(25)17-7-9-18(23)10-8-17/h2-14,21,24H,15H2,1H3/t21-/m1/s1. The highest BCUT2D eigenvalue weighted by atomic mass is 35.5. The molecule has 1 atom stereocenters. The fourth-order valence-corrected chi connectivity index (χ4v) is 2.89. The Morgan fingerprint density at radius 3 is 2.23 bits per heavy atom. The number of hydrogen-bond acceptors (Lipinski definition) is 3. The lowest BCUT2D eigenvalue weighted by Gasteiger charge is -2.20. The van der Waals surface area contributed by atoms with E-state index in [9.17, 15) is 4.79 Å². The van der Waals surface area contributed by atoms with Crippen LogP contribution in [-0.4, -0.2) is 12.9 Å². The predicted molar refractivity (Wildman–Crippen MR) is 106 cm³/mol. The highest BCUT2D eigenvalue weighted by Gasteiger charge is 2.17. The zero-order valence-corrected chi connectivity index (χ0v) is 15.2. The van der Waals surface area contributed by atoms with Gasteiger partial charge in [0.05, 0.1) is 13.2 Å². The molecule has 0 saturated carbocycles. The van der Waals surface area contributed by atoms with Crippen LogP contribution in [0, 0.1) is 0 Å². The van der Waals surface area contributed by atoms with Crippen LogP contribution in [0.15, 0.2) is 78.9 Å². The van der Waals surface area contributed by atoms with Gasteiger partial charge in [-0.15, -0.1) is 0 Å². The Kier molecular flexibility index (Phi) is 5.92. The van der Waals surface area contributed by atoms with Gasteiger partial charge < -0.3 is 10.1 Å². The van der Waals surface area contributed by atoms with Crippen LogP contribution in [0.2, 0.25) is 5.02 Å². The summed E-state index contributed by atoms with van der Waals surface area (Å²) in [7, 11) is 1.64. The molecule has 3 rings (SSSR count). The van der Waals surface area contributed by atoms with E-state index in [1.807, 2.05) is 54.6 Å². The van der Waals surface area contributed by atoms with E-state index in [0.29, 0.717) is 17.0 Å². The summed E-state index contributed by atoms with van der Waals surface area (Å²) in [5.74, 6) is 0.862. The number of carbonyl (C=O) groups is 1. The molecule has 3 aromatic rings. The van der Waals surface area contributed by atoms with Gasteiger partial charge in [0.1, 0.15) is 5.75 Å². The minimum Gasteiger partial charge on any atom is -0.497 e. The number of halogens is 1. The highest BCUT2D eigenvalue weighted by Crippen LogP contribution is 2.26. The molecule has 0 aliphatic rings. The van der Waals surface area contributed by atoms with E-state index in [1.165, 1.54) is 0 Å². The molecule has 0 heterocycles. The van der Waals surface area contributed by atoms with E-state index in [2.05, 4.69) is 5.32 Å². The molecule has 3 nitrogen and oxygen atoms in total. The first kappa shape index (κ1) is 18.0. The molecule has 0 unspecified atom stereocenters. The van der Waals surface area contributed by atoms with Crippen LogP contribution in [0.5, 0.6) is 5.75 Å². The zero-order chi connectivity index (χ0) is 18.4. The van der Waals surface area contributed by atoms with Gasteiger partial charge >= 0.3 is 0 Å². The maximum absolute atomic E-state index is 12.7. The molecule has 1 N–H and O–H groups in total. The van der Waals surface area contributed by atoms with Gasteiger partial charge in [-0.3, -0.25) is 4.79 Å². The summed E-state index contributed by atoms with van der Waals surface area (Å²) in [6.45, 7) is 0. The summed E-state index contributed by atoms with van der Waals surface area (Å²) < 4.78 is 5.20. The quantitative estimate of drug-likeness (QED) is 0.540. The van der Waals surface area contributed by atoms with Gasteiger partial charge in [0.2, 0.25) is 0 Å². The summed E-state index contributed by atoms with van der Waals surface area (Å²) in [6, 6.07) is 24.5. The Morgan fingerprint density at radius 2 is 1.62 bits per heavy atom. The third kappa shape index (κ3) is 4.64. The van der Waals surface area contributed by atoms with Crippen molar-refractivity contribution in [2.24, 2.45) is 0 Å². The number of anilines is 1. The predicted octanol–water partition coefficient (Wildman–Crippen LogP) is 5.77. The van der Waals surface area contributed by atoms with Gasteiger partial charge in [-0.05, 0) is 54.1 Å². The second-order valence-electron chi connectivity index (χ2n) is 5.97. The van der Waals surface area contributed by atoms with Gasteiger partial charge in [0, 0.05) is 22.7 Å². The van der Waals surface area contributed by atoms with Gasteiger partial charge in [0.15, 0.2) is 5.78 Å². The third-order valence-corrected chi connectivity index (χ3v) is 4.44. The SMILES string of the molecule is COc1ccc(N[C@H](CC(=O)c2ccc(Cl)cc2)c2ccccc2)cc1. The zero-order valence-electron chi connectivity index (χ0n) is 14.5. The molecule has 4 heteroatoms. The molecule has 0 aliphatic carbocycles. The number of nitrogens with one attached hydrogen (secondary N) is 1. The average Bonchev–Trinajstić information content (AvgIpc) is 2.69. The van der Waals surface area contributed by atoms with Crippen LogP contribution in [0.1, 0.15) is 28.4 Å². The molecule has 0 radical (unpaired) electrons. The maximum Gasteiger partial charge on any atom is 0.165 e. The molecular weight excluding hydrogens is 346 g/mol. The van der Waals surface area contributed by atoms with Crippen molar-refractivity contribution in [2.45, 2.75) is 12.5 Å². The summed E-state index contributed by atoms with van der Waals surface area (Å²) in [4.78, 5) is 12.7. The first-order valence-electron chi connectivity index (χ1n) is 8.40. The summed E-state index contributed by atoms with van der Waals surface area (Å²) in [5.41, 5.74) is 2.65. The lowest BCUT2D eigenvalue weighted by atomic mass is 9.97. The Labute approximate surface area is 158 Å². The fraction of sp³-hybridized carbons (Fsp3) is 0.136. The van der Waals surface area contributed by atoms with E-state index in [4.69, 9.17) is 16.3 Å². The fourth-order valence-electron chi connectivity index (χ4n) is 2.77. The number of hydrogen-bond donors (Lipinski definition) is 1. The van der Waals surface area contributed by atoms with Crippen LogP contribution >= 0.6 is 11.6 Å². The molecule has 0 bridgehead atoms. The van der Waals surface area contributed by atoms with Gasteiger partial charge in [-0.2, -0.15) is 0 Å². The van der Waals surface area contributed by atoms with Gasteiger partial charge in [-0.1, -0.05) is 41.9 Å². The van der Waals surface area contributed by atoms with Gasteiger partial charge in [0.25, 0.3) is 0 Å². The minimum atomic E-state index is -0.132. The Hall–Kier alpha value is -2.78. The minimum absolute atomic E-state index is 0.0662. The Bertz CT molecular complexity index is 846. The number of ketones is 1. The normalized spacial score (nSPS) is 11.6. The van der Waals surface area contributed by atoms with Crippen molar-refractivity contribution in [3.8, 4) is 5.75 Å². The van der Waals surface area contributed by atoms with Gasteiger partial charge in [-0.25, -0.2) is 0 Å². The van der Waals surface area contributed by atoms with Crippen molar-refractivity contribution in [1.29, 1.82) is 0 Å². The number of Topliss-reactive ketones (excluding diaryl/α,β-unsaturated/α-hetero) is 1. The summed E-state index contributed by atoms with van der Waals surface area (Å²) >= 11 is 5.92. The lowest BCUT2D eigenvalue weighted by Crippen LogP contribution is -2.15. The van der Waals surface area contributed by atoms with Crippen molar-refractivity contribution < 1.29 is 9.53 Å². The first-order chi connectivity index (χ1) is 12.7. The molecule has 0 fully saturated rings. The van der Waals surface area contributed by atoms with Crippen molar-refractivity contribution in [2.75, 3.05) is 12.4 Å². The van der Waals surface area contributed by atoms with Crippen molar-refractivity contribution in [1.82, 2.24) is 0 Å². The molecule has 26 heavy (non-hydrogen) atoms. The summed E-state index contributed by atoms with van der Waals surface area (Å²) in [5, 5.41) is 4.08. The number of carbonyl (C=O) groups excluding carboxylic acids is 1. The maximum atomic E-state index is 12.7. The number of benzene rings is 3. The third-order valence-electron chi connectivity index (χ3n) is 4.19. The van der Waals surface area contributed by atoms with Crippen LogP contribution in [0.4, 0.5) is 5.69 Å². The molecule has 0 saturated heterocycles. The molecular formula is C22H20ClNO2. The van der Waals surface area contributed by atoms with E-state index >= 15 is 0 Å². The van der Waals surface area contributed by atoms with E-state index in [-0.39, 0.29) is 11.8 Å². The topological polar surface area (TPSA) is 38.3 Å². The van der Waals surface area contributed by atoms with Crippen LogP contribution in [-0.2, 0) is 0 Å². The average molecular weight is 366 g/mol. The number of methoxy groups -OCH3 is 1. The molecule has 0 aliphatic heterocycles. The lowest BCUT2D eigenvalue weighted by molar-refractivity contribution is 0.0976. The van der Waals surface area contributed by atoms with Crippen LogP contribution in [0.25, 0.3) is 0 Å². The molecule has 0 amide bonds. The van der Waals surface area contributed by atoms with Crippen molar-refractivity contribution in [3.63, 3.8) is 0 Å². The second-order valence-corrected chi connectivity index (χ2v) is 6.41. The molecule has 132 valence electrons. The molecule has 0 spiro atoms. The Morgan fingerprint density at radius 1 is 0.962 bits per heavy atom. The number of rotatable bonds is 7. The smallest absolute Gasteiger partial charge is 0.165 e. The van der Waals surface area contributed by atoms with Crippen molar-refractivity contribution in [3.05, 3.63) is 95.0 Å². The molecule has 3 aromatic carbocycles. The highest BCUT2D eigenvalue weighted by molar-refractivity contribution is 6.30. The monoisotopic (exact) mass is 365 g/mol.